The van der Waals surface area contributed by atoms with Gasteiger partial charge in [-0.2, -0.15) is 0 Å². The number of ether oxygens (including phenoxy) is 1. The van der Waals surface area contributed by atoms with Crippen LogP contribution in [0.15, 0.2) is 0 Å². The van der Waals surface area contributed by atoms with Crippen LogP contribution >= 0.6 is 0 Å². The van der Waals surface area contributed by atoms with E-state index >= 15 is 0 Å². The van der Waals surface area contributed by atoms with Crippen LogP contribution in [-0.4, -0.2) is 34.7 Å². The predicted molar refractivity (Wildman–Crippen MR) is 29.5 cm³/mol. The maximum Gasteiger partial charge on any atom is 1.00 e. The van der Waals surface area contributed by atoms with Gasteiger partial charge in [0.05, 0.1) is 18.4 Å². The van der Waals surface area contributed by atoms with Crippen molar-refractivity contribution in [2.45, 2.75) is 18.1 Å². The number of rotatable bonds is 2. The molecule has 2 atom stereocenters. The zero-order chi connectivity index (χ0) is 10.2. The third kappa shape index (κ3) is 3.42. The van der Waals surface area contributed by atoms with Gasteiger partial charge in [-0.3, -0.25) is 4.79 Å². The molecular weight excluding hydrogens is 230 g/mol. The van der Waals surface area contributed by atoms with Gasteiger partial charge >= 0.3 is 65.1 Å². The Hall–Kier alpha value is 0.370. The number of aliphatic carboxylic acids is 2. The van der Waals surface area contributed by atoms with Gasteiger partial charge in [0, 0.05) is 0 Å². The number of aliphatic hydroxyl groups is 1. The minimum Gasteiger partial charge on any atom is -0.547 e. The van der Waals surface area contributed by atoms with Crippen molar-refractivity contribution in [2.75, 3.05) is 0 Å². The summed E-state index contributed by atoms with van der Waals surface area (Å²) < 4.78 is 4.03. The van der Waals surface area contributed by atoms with Crippen molar-refractivity contribution in [3.63, 3.8) is 0 Å². The molecule has 1 aliphatic heterocycles. The van der Waals surface area contributed by atoms with Gasteiger partial charge in [0.1, 0.15) is 0 Å². The van der Waals surface area contributed by atoms with Crippen molar-refractivity contribution in [2.24, 2.45) is 0 Å². The summed E-state index contributed by atoms with van der Waals surface area (Å²) in [5.74, 6) is -5.18. The van der Waals surface area contributed by atoms with Gasteiger partial charge in [-0.05, 0) is 0 Å². The molecule has 72 valence electrons. The molecule has 0 unspecified atom stereocenters. The number of esters is 1. The first kappa shape index (κ1) is 17.8. The van der Waals surface area contributed by atoms with Gasteiger partial charge in [-0.1, -0.05) is 0 Å². The zero-order valence-corrected chi connectivity index (χ0v) is 12.2. The molecule has 15 heavy (non-hydrogen) atoms. The Kier molecular flexibility index (Phi) is 7.33. The van der Waals surface area contributed by atoms with E-state index in [0.29, 0.717) is 0 Å². The molecule has 0 saturated carbocycles. The maximum absolute atomic E-state index is 10.5. The Labute approximate surface area is 128 Å². The third-order valence-corrected chi connectivity index (χ3v) is 1.66. The van der Waals surface area contributed by atoms with Crippen molar-refractivity contribution >= 4 is 17.9 Å². The Morgan fingerprint density at radius 2 is 1.87 bits per heavy atom. The minimum atomic E-state index is -2.82. The van der Waals surface area contributed by atoms with Crippen LogP contribution in [0.2, 0.25) is 0 Å². The average Bonchev–Trinajstić information content (AvgIpc) is 2.27. The monoisotopic (exact) mass is 234 g/mol. The van der Waals surface area contributed by atoms with Gasteiger partial charge in [-0.15, -0.1) is 0 Å². The molecule has 0 aromatic rings. The van der Waals surface area contributed by atoms with E-state index < -0.39 is 36.0 Å². The molecule has 0 spiro atoms. The van der Waals surface area contributed by atoms with Gasteiger partial charge in [0.25, 0.3) is 0 Å². The number of hydrogen-bond donors (Lipinski definition) is 1. The molecule has 0 radical (unpaired) electrons. The van der Waals surface area contributed by atoms with Crippen LogP contribution in [0.4, 0.5) is 0 Å². The van der Waals surface area contributed by atoms with E-state index in [2.05, 4.69) is 4.74 Å². The van der Waals surface area contributed by atoms with Gasteiger partial charge in [0.2, 0.25) is 0 Å². The zero-order valence-electron chi connectivity index (χ0n) is 8.18. The van der Waals surface area contributed by atoms with E-state index in [1.165, 1.54) is 0 Å². The summed E-state index contributed by atoms with van der Waals surface area (Å²) in [6.45, 7) is 0. The van der Waals surface area contributed by atoms with Crippen LogP contribution in [-0.2, 0) is 19.1 Å². The Balaban J connectivity index is 0. The van der Waals surface area contributed by atoms with E-state index in [-0.39, 0.29) is 59.1 Å². The minimum absolute atomic E-state index is 0. The largest absolute Gasteiger partial charge is 1.00 e. The van der Waals surface area contributed by atoms with Crippen LogP contribution in [0.3, 0.4) is 0 Å². The quantitative estimate of drug-likeness (QED) is 0.371. The second kappa shape index (κ2) is 6.19. The number of carboxylic acids is 2. The summed E-state index contributed by atoms with van der Waals surface area (Å²) in [5.41, 5.74) is -2.82. The second-order valence-electron chi connectivity index (χ2n) is 2.58. The molecule has 1 rings (SSSR count). The molecule has 1 N–H and O–H groups in total. The fourth-order valence-corrected chi connectivity index (χ4v) is 1.01. The molecule has 7 nitrogen and oxygen atoms in total. The van der Waals surface area contributed by atoms with Crippen molar-refractivity contribution in [3.8, 4) is 0 Å². The molecule has 1 aliphatic rings. The standard InChI is InChI=1S/C6H6O7.2Na/c7-2-1-6(12,5(10)11)3(13-2)4(8)9;;/h3,12H,1H2,(H,8,9)(H,10,11);;/q;2*+1/p-2/t3-,6-;;/m1../s1. The van der Waals surface area contributed by atoms with Crippen LogP contribution < -0.4 is 69.3 Å². The normalized spacial score (nSPS) is 28.3. The van der Waals surface area contributed by atoms with Gasteiger partial charge in [0.15, 0.2) is 11.7 Å². The number of carbonyl (C=O) groups is 3. The summed E-state index contributed by atoms with van der Waals surface area (Å²) in [6, 6.07) is 0. The fourth-order valence-electron chi connectivity index (χ4n) is 1.01. The molecule has 0 bridgehead atoms. The molecule has 1 fully saturated rings. The number of carboxylic acid groups (broad SMARTS) is 2. The van der Waals surface area contributed by atoms with Crippen LogP contribution in [0.5, 0.6) is 0 Å². The Bertz CT molecular complexity index is 291. The van der Waals surface area contributed by atoms with Crippen LogP contribution in [0, 0.1) is 0 Å². The summed E-state index contributed by atoms with van der Waals surface area (Å²) in [4.78, 5) is 31.0. The molecule has 1 heterocycles. The van der Waals surface area contributed by atoms with Gasteiger partial charge in [-0.25, -0.2) is 0 Å². The molecule has 1 saturated heterocycles. The fraction of sp³-hybridized carbons (Fsp3) is 0.500. The average molecular weight is 234 g/mol. The molecule has 0 amide bonds. The predicted octanol–water partition coefficient (Wildman–Crippen LogP) is -10.5. The molecular formula is C6H4Na2O7. The first-order valence-corrected chi connectivity index (χ1v) is 3.22. The first-order valence-electron chi connectivity index (χ1n) is 3.22. The van der Waals surface area contributed by atoms with Crippen molar-refractivity contribution in [3.05, 3.63) is 0 Å². The second-order valence-corrected chi connectivity index (χ2v) is 2.58. The topological polar surface area (TPSA) is 127 Å². The number of hydrogen-bond acceptors (Lipinski definition) is 7. The van der Waals surface area contributed by atoms with E-state index in [1.807, 2.05) is 0 Å². The van der Waals surface area contributed by atoms with E-state index in [0.717, 1.165) is 0 Å². The number of cyclic esters (lactones) is 1. The van der Waals surface area contributed by atoms with E-state index in [4.69, 9.17) is 5.11 Å². The summed E-state index contributed by atoms with van der Waals surface area (Å²) in [7, 11) is 0. The Morgan fingerprint density at radius 3 is 2.13 bits per heavy atom. The smallest absolute Gasteiger partial charge is 0.547 e. The summed E-state index contributed by atoms with van der Waals surface area (Å²) >= 11 is 0. The summed E-state index contributed by atoms with van der Waals surface area (Å²) in [6.07, 6.45) is -3.15. The number of carbonyl (C=O) groups excluding carboxylic acids is 3. The van der Waals surface area contributed by atoms with Gasteiger partial charge < -0.3 is 29.6 Å². The van der Waals surface area contributed by atoms with Crippen molar-refractivity contribution in [1.82, 2.24) is 0 Å². The molecule has 0 aromatic carbocycles. The van der Waals surface area contributed by atoms with Crippen LogP contribution in [0.25, 0.3) is 0 Å². The summed E-state index contributed by atoms with van der Waals surface area (Å²) in [5, 5.41) is 29.7. The van der Waals surface area contributed by atoms with Crippen molar-refractivity contribution in [1.29, 1.82) is 0 Å². The molecule has 0 aliphatic carbocycles. The van der Waals surface area contributed by atoms with Crippen molar-refractivity contribution < 1.29 is 93.6 Å². The molecule has 9 heteroatoms. The van der Waals surface area contributed by atoms with Crippen LogP contribution in [0.1, 0.15) is 6.42 Å². The first-order chi connectivity index (χ1) is 5.88. The molecule has 0 aromatic heterocycles. The maximum atomic E-state index is 10.5. The van der Waals surface area contributed by atoms with E-state index in [1.54, 1.807) is 0 Å². The third-order valence-electron chi connectivity index (χ3n) is 1.66. The van der Waals surface area contributed by atoms with E-state index in [9.17, 15) is 24.6 Å². The SMILES string of the molecule is O=C1C[C@](O)(C(=O)[O-])[C@@H](C(=O)[O-])O1.[Na+].[Na+]. The Morgan fingerprint density at radius 1 is 1.40 bits per heavy atom.